The van der Waals surface area contributed by atoms with Gasteiger partial charge in [0, 0.05) is 37.0 Å². The van der Waals surface area contributed by atoms with Gasteiger partial charge in [-0.3, -0.25) is 4.79 Å². The molecular weight excluding hydrogens is 364 g/mol. The van der Waals surface area contributed by atoms with Crippen molar-refractivity contribution in [3.05, 3.63) is 17.2 Å². The van der Waals surface area contributed by atoms with Gasteiger partial charge < -0.3 is 9.47 Å². The summed E-state index contributed by atoms with van der Waals surface area (Å²) in [5, 5.41) is 0. The average Bonchev–Trinajstić information content (AvgIpc) is 3.36. The van der Waals surface area contributed by atoms with Gasteiger partial charge in [0.2, 0.25) is 15.9 Å². The molecule has 1 aromatic rings. The molecule has 3 aliphatic rings. The molecule has 8 heteroatoms. The predicted molar refractivity (Wildman–Crippen MR) is 103 cm³/mol. The Morgan fingerprint density at radius 1 is 1.22 bits per heavy atom. The first-order valence-corrected chi connectivity index (χ1v) is 11.8. The second-order valence-electron chi connectivity index (χ2n) is 8.83. The Labute approximate surface area is 161 Å². The molecule has 2 fully saturated rings. The van der Waals surface area contributed by atoms with Crippen LogP contribution in [-0.4, -0.2) is 59.0 Å². The summed E-state index contributed by atoms with van der Waals surface area (Å²) >= 11 is 0. The molecule has 7 nitrogen and oxygen atoms in total. The molecule has 0 unspecified atom stereocenters. The molecule has 0 atom stereocenters. The van der Waals surface area contributed by atoms with Crippen molar-refractivity contribution in [3.8, 4) is 0 Å². The lowest BCUT2D eigenvalue weighted by Crippen LogP contribution is -2.54. The molecule has 1 spiro atoms. The Bertz CT molecular complexity index is 862. The lowest BCUT2D eigenvalue weighted by molar-refractivity contribution is -0.135. The number of carbonyl (C=O) groups is 1. The fraction of sp³-hybridized carbons (Fsp3) is 0.789. The number of imidazole rings is 1. The molecule has 3 heterocycles. The maximum absolute atomic E-state index is 12.9. The Hall–Kier alpha value is -1.41. The fourth-order valence-corrected chi connectivity index (χ4v) is 5.76. The SMILES string of the molecule is Cc1nc2c(n1C(C)C)CN(C(=O)C1CC1)CC21CCN(S(C)(=O)=O)CC1. The van der Waals surface area contributed by atoms with Gasteiger partial charge in [0.05, 0.1) is 24.2 Å². The van der Waals surface area contributed by atoms with Crippen molar-refractivity contribution in [3.63, 3.8) is 0 Å². The Morgan fingerprint density at radius 2 is 1.85 bits per heavy atom. The molecule has 1 aliphatic carbocycles. The maximum Gasteiger partial charge on any atom is 0.226 e. The summed E-state index contributed by atoms with van der Waals surface area (Å²) in [6.45, 7) is 8.62. The van der Waals surface area contributed by atoms with Crippen molar-refractivity contribution in [2.24, 2.45) is 5.92 Å². The standard InChI is InChI=1S/C19H30N4O3S/c1-13(2)23-14(3)20-17-16(23)11-21(18(24)15-5-6-15)12-19(17)7-9-22(10-8-19)27(4,25)26/h13,15H,5-12H2,1-4H3. The summed E-state index contributed by atoms with van der Waals surface area (Å²) in [7, 11) is -3.18. The molecular formula is C19H30N4O3S. The first-order valence-electron chi connectivity index (χ1n) is 9.94. The number of aryl methyl sites for hydroxylation is 1. The van der Waals surface area contributed by atoms with Crippen molar-refractivity contribution in [1.29, 1.82) is 0 Å². The summed E-state index contributed by atoms with van der Waals surface area (Å²) < 4.78 is 27.7. The predicted octanol–water partition coefficient (Wildman–Crippen LogP) is 1.82. The number of sulfonamides is 1. The van der Waals surface area contributed by atoms with Crippen LogP contribution in [0.1, 0.15) is 62.8 Å². The third-order valence-corrected chi connectivity index (χ3v) is 7.73. The van der Waals surface area contributed by atoms with Crippen LogP contribution in [0, 0.1) is 12.8 Å². The van der Waals surface area contributed by atoms with E-state index in [1.165, 1.54) is 6.26 Å². The molecule has 1 amide bonds. The van der Waals surface area contributed by atoms with Gasteiger partial charge in [0.15, 0.2) is 0 Å². The summed E-state index contributed by atoms with van der Waals surface area (Å²) in [5.41, 5.74) is 2.02. The van der Waals surface area contributed by atoms with Gasteiger partial charge in [-0.2, -0.15) is 0 Å². The highest BCUT2D eigenvalue weighted by Crippen LogP contribution is 2.44. The van der Waals surface area contributed by atoms with E-state index in [2.05, 4.69) is 18.4 Å². The van der Waals surface area contributed by atoms with Gasteiger partial charge in [-0.05, 0) is 46.5 Å². The molecule has 0 N–H and O–H groups in total. The second-order valence-corrected chi connectivity index (χ2v) is 10.8. The summed E-state index contributed by atoms with van der Waals surface area (Å²) in [6.07, 6.45) is 4.71. The van der Waals surface area contributed by atoms with Crippen molar-refractivity contribution < 1.29 is 13.2 Å². The highest BCUT2D eigenvalue weighted by Gasteiger charge is 2.48. The Morgan fingerprint density at radius 3 is 2.37 bits per heavy atom. The smallest absolute Gasteiger partial charge is 0.226 e. The van der Waals surface area contributed by atoms with Gasteiger partial charge in [-0.1, -0.05) is 0 Å². The lowest BCUT2D eigenvalue weighted by atomic mass is 9.73. The van der Waals surface area contributed by atoms with Crippen molar-refractivity contribution in [2.45, 2.75) is 64.5 Å². The van der Waals surface area contributed by atoms with E-state index < -0.39 is 10.0 Å². The van der Waals surface area contributed by atoms with E-state index in [0.29, 0.717) is 26.2 Å². The first kappa shape index (κ1) is 18.9. The first-order chi connectivity index (χ1) is 12.6. The summed E-state index contributed by atoms with van der Waals surface area (Å²) in [5.74, 6) is 1.44. The highest BCUT2D eigenvalue weighted by molar-refractivity contribution is 7.88. The Balaban J connectivity index is 1.73. The van der Waals surface area contributed by atoms with Gasteiger partial charge >= 0.3 is 0 Å². The number of fused-ring (bicyclic) bond motifs is 2. The van der Waals surface area contributed by atoms with Crippen molar-refractivity contribution >= 4 is 15.9 Å². The number of rotatable bonds is 3. The van der Waals surface area contributed by atoms with E-state index in [0.717, 1.165) is 42.9 Å². The summed E-state index contributed by atoms with van der Waals surface area (Å²) in [4.78, 5) is 19.9. The summed E-state index contributed by atoms with van der Waals surface area (Å²) in [6, 6.07) is 0.283. The maximum atomic E-state index is 12.9. The number of piperidine rings is 1. The van der Waals surface area contributed by atoms with Crippen LogP contribution in [0.3, 0.4) is 0 Å². The second kappa shape index (κ2) is 6.30. The quantitative estimate of drug-likeness (QED) is 0.784. The molecule has 2 aliphatic heterocycles. The monoisotopic (exact) mass is 394 g/mol. The molecule has 1 saturated heterocycles. The Kier molecular flexibility index (Phi) is 4.42. The fourth-order valence-electron chi connectivity index (χ4n) is 4.91. The molecule has 4 rings (SSSR count). The van der Waals surface area contributed by atoms with Gasteiger partial charge in [-0.25, -0.2) is 17.7 Å². The van der Waals surface area contributed by atoms with E-state index in [4.69, 9.17) is 4.98 Å². The minimum Gasteiger partial charge on any atom is -0.336 e. The van der Waals surface area contributed by atoms with E-state index in [1.54, 1.807) is 4.31 Å². The molecule has 1 saturated carbocycles. The van der Waals surface area contributed by atoms with E-state index in [-0.39, 0.29) is 23.3 Å². The molecule has 27 heavy (non-hydrogen) atoms. The van der Waals surface area contributed by atoms with Crippen LogP contribution in [0.25, 0.3) is 0 Å². The van der Waals surface area contributed by atoms with Crippen LogP contribution in [0.15, 0.2) is 0 Å². The van der Waals surface area contributed by atoms with Crippen LogP contribution >= 0.6 is 0 Å². The zero-order chi connectivity index (χ0) is 19.6. The van der Waals surface area contributed by atoms with Crippen LogP contribution < -0.4 is 0 Å². The van der Waals surface area contributed by atoms with E-state index >= 15 is 0 Å². The highest BCUT2D eigenvalue weighted by atomic mass is 32.2. The molecule has 0 bridgehead atoms. The topological polar surface area (TPSA) is 75.5 Å². The number of carbonyl (C=O) groups excluding carboxylic acids is 1. The van der Waals surface area contributed by atoms with Crippen LogP contribution in [0.2, 0.25) is 0 Å². The van der Waals surface area contributed by atoms with Gasteiger partial charge in [-0.15, -0.1) is 0 Å². The van der Waals surface area contributed by atoms with Crippen molar-refractivity contribution in [2.75, 3.05) is 25.9 Å². The number of nitrogens with zero attached hydrogens (tertiary/aromatic N) is 4. The third kappa shape index (κ3) is 3.20. The molecule has 150 valence electrons. The van der Waals surface area contributed by atoms with Gasteiger partial charge in [0.1, 0.15) is 5.82 Å². The van der Waals surface area contributed by atoms with E-state index in [1.807, 2.05) is 11.8 Å². The minimum atomic E-state index is -3.18. The zero-order valence-corrected chi connectivity index (χ0v) is 17.5. The number of hydrogen-bond acceptors (Lipinski definition) is 4. The lowest BCUT2D eigenvalue weighted by Gasteiger charge is -2.46. The third-order valence-electron chi connectivity index (χ3n) is 6.43. The number of hydrogen-bond donors (Lipinski definition) is 0. The molecule has 0 aromatic carbocycles. The van der Waals surface area contributed by atoms with Gasteiger partial charge in [0.25, 0.3) is 0 Å². The normalized spacial score (nSPS) is 23.1. The molecule has 0 radical (unpaired) electrons. The van der Waals surface area contributed by atoms with Crippen molar-refractivity contribution in [1.82, 2.24) is 18.8 Å². The largest absolute Gasteiger partial charge is 0.336 e. The molecule has 1 aromatic heterocycles. The zero-order valence-electron chi connectivity index (χ0n) is 16.7. The minimum absolute atomic E-state index is 0.191. The number of amides is 1. The van der Waals surface area contributed by atoms with Crippen LogP contribution in [0.5, 0.6) is 0 Å². The van der Waals surface area contributed by atoms with E-state index in [9.17, 15) is 13.2 Å². The van der Waals surface area contributed by atoms with Crippen LogP contribution in [-0.2, 0) is 26.8 Å². The van der Waals surface area contributed by atoms with Crippen LogP contribution in [0.4, 0.5) is 0 Å². The average molecular weight is 395 g/mol. The number of aromatic nitrogens is 2.